The van der Waals surface area contributed by atoms with Gasteiger partial charge in [0.1, 0.15) is 17.8 Å². The Morgan fingerprint density at radius 2 is 1.96 bits per heavy atom. The van der Waals surface area contributed by atoms with Gasteiger partial charge in [0.15, 0.2) is 11.6 Å². The predicted octanol–water partition coefficient (Wildman–Crippen LogP) is 2.33. The number of anilines is 4. The molecule has 1 aromatic carbocycles. The number of aromatic nitrogens is 2. The van der Waals surface area contributed by atoms with Crippen LogP contribution in [0, 0.1) is 11.7 Å². The van der Waals surface area contributed by atoms with Crippen molar-refractivity contribution in [2.24, 2.45) is 5.92 Å². The van der Waals surface area contributed by atoms with Crippen molar-refractivity contribution < 1.29 is 13.9 Å². The Bertz CT molecular complexity index is 745. The standard InChI is InChI=1S/C17H20FN5O2/c1-25-17(24)11-6-8-23(9-7-11)16-14(19)15(20-10-21-16)22-13-4-2-12(18)3-5-13/h2-5,10-11H,6-9,19H2,1H3,(H,20,21,22). The maximum absolute atomic E-state index is 13.0. The van der Waals surface area contributed by atoms with E-state index >= 15 is 0 Å². The smallest absolute Gasteiger partial charge is 0.308 e. The van der Waals surface area contributed by atoms with Crippen LogP contribution in [-0.2, 0) is 9.53 Å². The summed E-state index contributed by atoms with van der Waals surface area (Å²) in [5.41, 5.74) is 7.32. The van der Waals surface area contributed by atoms with E-state index in [1.165, 1.54) is 25.6 Å². The van der Waals surface area contributed by atoms with E-state index in [2.05, 4.69) is 15.3 Å². The summed E-state index contributed by atoms with van der Waals surface area (Å²) in [7, 11) is 1.41. The number of benzene rings is 1. The number of ether oxygens (including phenoxy) is 1. The first-order valence-corrected chi connectivity index (χ1v) is 8.04. The van der Waals surface area contributed by atoms with Crippen LogP contribution in [0.4, 0.5) is 27.4 Å². The third kappa shape index (κ3) is 3.78. The van der Waals surface area contributed by atoms with Crippen LogP contribution in [0.25, 0.3) is 0 Å². The molecule has 0 spiro atoms. The highest BCUT2D eigenvalue weighted by Crippen LogP contribution is 2.31. The number of carbonyl (C=O) groups excluding carboxylic acids is 1. The number of hydrogen-bond acceptors (Lipinski definition) is 7. The minimum atomic E-state index is -0.310. The molecule has 25 heavy (non-hydrogen) atoms. The minimum Gasteiger partial charge on any atom is -0.469 e. The van der Waals surface area contributed by atoms with E-state index in [-0.39, 0.29) is 17.7 Å². The lowest BCUT2D eigenvalue weighted by atomic mass is 9.97. The first-order chi connectivity index (χ1) is 12.1. The first kappa shape index (κ1) is 16.9. The second kappa shape index (κ2) is 7.33. The van der Waals surface area contributed by atoms with Gasteiger partial charge in [-0.25, -0.2) is 14.4 Å². The van der Waals surface area contributed by atoms with Gasteiger partial charge in [-0.1, -0.05) is 0 Å². The van der Waals surface area contributed by atoms with Crippen molar-refractivity contribution in [3.63, 3.8) is 0 Å². The van der Waals surface area contributed by atoms with Gasteiger partial charge < -0.3 is 20.7 Å². The van der Waals surface area contributed by atoms with Gasteiger partial charge >= 0.3 is 5.97 Å². The number of esters is 1. The van der Waals surface area contributed by atoms with Gasteiger partial charge in [-0.15, -0.1) is 0 Å². The number of hydrogen-bond donors (Lipinski definition) is 2. The summed E-state index contributed by atoms with van der Waals surface area (Å²) in [5, 5.41) is 3.07. The Hall–Kier alpha value is -2.90. The van der Waals surface area contributed by atoms with E-state index < -0.39 is 0 Å². The first-order valence-electron chi connectivity index (χ1n) is 8.04. The van der Waals surface area contributed by atoms with Crippen molar-refractivity contribution in [3.05, 3.63) is 36.4 Å². The molecule has 2 heterocycles. The SMILES string of the molecule is COC(=O)C1CCN(c2ncnc(Nc3ccc(F)cc3)c2N)CC1. The summed E-state index contributed by atoms with van der Waals surface area (Å²) in [4.78, 5) is 22.1. The average molecular weight is 345 g/mol. The molecule has 0 saturated carbocycles. The highest BCUT2D eigenvalue weighted by Gasteiger charge is 2.27. The molecule has 0 radical (unpaired) electrons. The van der Waals surface area contributed by atoms with Crippen molar-refractivity contribution in [2.45, 2.75) is 12.8 Å². The number of nitrogens with two attached hydrogens (primary N) is 1. The number of nitrogen functional groups attached to an aromatic ring is 1. The van der Waals surface area contributed by atoms with Crippen LogP contribution in [0.1, 0.15) is 12.8 Å². The molecule has 132 valence electrons. The fourth-order valence-corrected chi connectivity index (χ4v) is 2.90. The molecule has 0 amide bonds. The average Bonchev–Trinajstić information content (AvgIpc) is 2.65. The van der Waals surface area contributed by atoms with Crippen molar-refractivity contribution in [3.8, 4) is 0 Å². The second-order valence-corrected chi connectivity index (χ2v) is 5.88. The quantitative estimate of drug-likeness (QED) is 0.821. The Morgan fingerprint density at radius 3 is 2.60 bits per heavy atom. The van der Waals surface area contributed by atoms with Gasteiger partial charge in [0.2, 0.25) is 0 Å². The summed E-state index contributed by atoms with van der Waals surface area (Å²) in [5.74, 6) is 0.528. The Labute approximate surface area is 145 Å². The molecule has 2 aromatic rings. The van der Waals surface area contributed by atoms with Crippen LogP contribution in [0.2, 0.25) is 0 Å². The van der Waals surface area contributed by atoms with E-state index in [9.17, 15) is 9.18 Å². The van der Waals surface area contributed by atoms with Gasteiger partial charge in [0.05, 0.1) is 13.0 Å². The zero-order valence-electron chi connectivity index (χ0n) is 13.9. The van der Waals surface area contributed by atoms with Gasteiger partial charge in [0.25, 0.3) is 0 Å². The van der Waals surface area contributed by atoms with Gasteiger partial charge in [0, 0.05) is 18.8 Å². The molecular formula is C17H20FN5O2. The number of halogens is 1. The third-order valence-corrected chi connectivity index (χ3v) is 4.30. The molecule has 1 fully saturated rings. The van der Waals surface area contributed by atoms with Crippen molar-refractivity contribution in [1.82, 2.24) is 9.97 Å². The van der Waals surface area contributed by atoms with E-state index in [1.54, 1.807) is 12.1 Å². The van der Waals surface area contributed by atoms with Crippen LogP contribution in [-0.4, -0.2) is 36.1 Å². The molecule has 0 bridgehead atoms. The lowest BCUT2D eigenvalue weighted by Gasteiger charge is -2.32. The number of carbonyl (C=O) groups is 1. The largest absolute Gasteiger partial charge is 0.469 e. The molecular weight excluding hydrogens is 325 g/mol. The molecule has 8 heteroatoms. The Kier molecular flexibility index (Phi) is 4.97. The molecule has 1 aromatic heterocycles. The maximum atomic E-state index is 13.0. The summed E-state index contributed by atoms with van der Waals surface area (Å²) in [6, 6.07) is 5.94. The topological polar surface area (TPSA) is 93.4 Å². The lowest BCUT2D eigenvalue weighted by Crippen LogP contribution is -2.37. The monoisotopic (exact) mass is 345 g/mol. The molecule has 1 saturated heterocycles. The van der Waals surface area contributed by atoms with Crippen molar-refractivity contribution >= 4 is 29.0 Å². The van der Waals surface area contributed by atoms with E-state index in [0.717, 1.165) is 0 Å². The summed E-state index contributed by atoms with van der Waals surface area (Å²) in [6.07, 6.45) is 2.82. The number of nitrogens with one attached hydrogen (secondary N) is 1. The van der Waals surface area contributed by atoms with E-state index in [1.807, 2.05) is 4.90 Å². The third-order valence-electron chi connectivity index (χ3n) is 4.30. The zero-order valence-corrected chi connectivity index (χ0v) is 13.9. The minimum absolute atomic E-state index is 0.0823. The number of nitrogens with zero attached hydrogens (tertiary/aromatic N) is 3. The fraction of sp³-hybridized carbons (Fsp3) is 0.353. The summed E-state index contributed by atoms with van der Waals surface area (Å²) in [6.45, 7) is 1.33. The highest BCUT2D eigenvalue weighted by atomic mass is 19.1. The molecule has 3 rings (SSSR count). The van der Waals surface area contributed by atoms with Crippen LogP contribution in [0.5, 0.6) is 0 Å². The van der Waals surface area contributed by atoms with Gasteiger partial charge in [-0.05, 0) is 37.1 Å². The normalized spacial score (nSPS) is 15.0. The van der Waals surface area contributed by atoms with Crippen molar-refractivity contribution in [2.75, 3.05) is 36.1 Å². The number of piperidine rings is 1. The summed E-state index contributed by atoms with van der Waals surface area (Å²) >= 11 is 0. The van der Waals surface area contributed by atoms with Gasteiger partial charge in [-0.2, -0.15) is 0 Å². The van der Waals surface area contributed by atoms with Crippen LogP contribution >= 0.6 is 0 Å². The van der Waals surface area contributed by atoms with Crippen LogP contribution in [0.3, 0.4) is 0 Å². The number of rotatable bonds is 4. The number of methoxy groups -OCH3 is 1. The zero-order chi connectivity index (χ0) is 17.8. The molecule has 1 aliphatic rings. The van der Waals surface area contributed by atoms with Crippen LogP contribution in [0.15, 0.2) is 30.6 Å². The molecule has 3 N–H and O–H groups in total. The maximum Gasteiger partial charge on any atom is 0.308 e. The molecule has 0 aliphatic carbocycles. The van der Waals surface area contributed by atoms with E-state index in [4.69, 9.17) is 10.5 Å². The molecule has 0 atom stereocenters. The fourth-order valence-electron chi connectivity index (χ4n) is 2.90. The van der Waals surface area contributed by atoms with Crippen molar-refractivity contribution in [1.29, 1.82) is 0 Å². The van der Waals surface area contributed by atoms with Crippen LogP contribution < -0.4 is 16.0 Å². The molecule has 7 nitrogen and oxygen atoms in total. The second-order valence-electron chi connectivity index (χ2n) is 5.88. The molecule has 1 aliphatic heterocycles. The lowest BCUT2D eigenvalue weighted by molar-refractivity contribution is -0.146. The van der Waals surface area contributed by atoms with E-state index in [0.29, 0.717) is 48.9 Å². The predicted molar refractivity (Wildman–Crippen MR) is 93.1 cm³/mol. The van der Waals surface area contributed by atoms with Gasteiger partial charge in [-0.3, -0.25) is 4.79 Å². The highest BCUT2D eigenvalue weighted by molar-refractivity contribution is 5.78. The molecule has 0 unspecified atom stereocenters. The Balaban J connectivity index is 1.73. The summed E-state index contributed by atoms with van der Waals surface area (Å²) < 4.78 is 17.8. The Morgan fingerprint density at radius 1 is 1.28 bits per heavy atom.